The van der Waals surface area contributed by atoms with Crippen LogP contribution >= 0.6 is 12.2 Å². The van der Waals surface area contributed by atoms with Crippen LogP contribution in [0.25, 0.3) is 10.9 Å². The van der Waals surface area contributed by atoms with Crippen molar-refractivity contribution in [2.24, 2.45) is 0 Å². The highest BCUT2D eigenvalue weighted by molar-refractivity contribution is 7.71. The van der Waals surface area contributed by atoms with Crippen molar-refractivity contribution < 1.29 is 0 Å². The van der Waals surface area contributed by atoms with Gasteiger partial charge in [-0.2, -0.15) is 0 Å². The standard InChI is InChI=1S/C13H13NS/c15-12-7-8-14-13-10-4-2-1-3-9(10)5-6-11(12)13/h5-8H,1-4H2,(H,14,15). The van der Waals surface area contributed by atoms with Gasteiger partial charge in [0.05, 0.1) is 5.52 Å². The van der Waals surface area contributed by atoms with Gasteiger partial charge < -0.3 is 4.98 Å². The average Bonchev–Trinajstić information content (AvgIpc) is 2.29. The molecule has 1 aromatic heterocycles. The van der Waals surface area contributed by atoms with Gasteiger partial charge in [-0.1, -0.05) is 24.4 Å². The fraction of sp³-hybridized carbons (Fsp3) is 0.308. The molecular weight excluding hydrogens is 202 g/mol. The Kier molecular flexibility index (Phi) is 2.10. The largest absolute Gasteiger partial charge is 0.361 e. The Labute approximate surface area is 94.1 Å². The predicted molar refractivity (Wildman–Crippen MR) is 65.8 cm³/mol. The van der Waals surface area contributed by atoms with Crippen molar-refractivity contribution in [1.29, 1.82) is 0 Å². The quantitative estimate of drug-likeness (QED) is 0.661. The van der Waals surface area contributed by atoms with Crippen LogP contribution in [-0.2, 0) is 12.8 Å². The molecular formula is C13H13NS. The Bertz CT molecular complexity index is 568. The van der Waals surface area contributed by atoms with E-state index < -0.39 is 0 Å². The van der Waals surface area contributed by atoms with E-state index in [0.29, 0.717) is 0 Å². The third-order valence-corrected chi connectivity index (χ3v) is 3.62. The Morgan fingerprint density at radius 3 is 2.87 bits per heavy atom. The van der Waals surface area contributed by atoms with E-state index in [1.807, 2.05) is 12.3 Å². The molecule has 0 bridgehead atoms. The van der Waals surface area contributed by atoms with Crippen molar-refractivity contribution in [3.8, 4) is 0 Å². The molecule has 0 saturated heterocycles. The molecule has 1 aliphatic rings. The average molecular weight is 215 g/mol. The summed E-state index contributed by atoms with van der Waals surface area (Å²) in [5.41, 5.74) is 4.26. The first-order chi connectivity index (χ1) is 7.36. The van der Waals surface area contributed by atoms with E-state index in [1.54, 1.807) is 0 Å². The van der Waals surface area contributed by atoms with E-state index in [-0.39, 0.29) is 0 Å². The van der Waals surface area contributed by atoms with Gasteiger partial charge >= 0.3 is 0 Å². The van der Waals surface area contributed by atoms with Crippen molar-refractivity contribution in [1.82, 2.24) is 4.98 Å². The number of benzene rings is 1. The van der Waals surface area contributed by atoms with E-state index in [0.717, 1.165) is 4.51 Å². The topological polar surface area (TPSA) is 15.8 Å². The molecule has 1 nitrogen and oxygen atoms in total. The van der Waals surface area contributed by atoms with Crippen LogP contribution in [-0.4, -0.2) is 4.98 Å². The van der Waals surface area contributed by atoms with Crippen LogP contribution in [0.1, 0.15) is 24.0 Å². The summed E-state index contributed by atoms with van der Waals surface area (Å²) in [6, 6.07) is 6.38. The van der Waals surface area contributed by atoms with Gasteiger partial charge in [-0.3, -0.25) is 0 Å². The van der Waals surface area contributed by atoms with E-state index in [9.17, 15) is 0 Å². The van der Waals surface area contributed by atoms with E-state index in [1.165, 1.54) is 47.7 Å². The maximum Gasteiger partial charge on any atom is 0.0503 e. The fourth-order valence-electron chi connectivity index (χ4n) is 2.49. The summed E-state index contributed by atoms with van der Waals surface area (Å²) in [4.78, 5) is 3.35. The lowest BCUT2D eigenvalue weighted by molar-refractivity contribution is 0.689. The molecule has 2 heteroatoms. The molecule has 0 amide bonds. The first-order valence-electron chi connectivity index (χ1n) is 5.48. The number of aryl methyl sites for hydroxylation is 2. The number of hydrogen-bond acceptors (Lipinski definition) is 1. The van der Waals surface area contributed by atoms with Gasteiger partial charge in [0, 0.05) is 16.1 Å². The van der Waals surface area contributed by atoms with E-state index >= 15 is 0 Å². The first-order valence-corrected chi connectivity index (χ1v) is 5.89. The van der Waals surface area contributed by atoms with Crippen LogP contribution in [0.15, 0.2) is 24.4 Å². The molecule has 15 heavy (non-hydrogen) atoms. The third kappa shape index (κ3) is 1.40. The number of nitrogens with one attached hydrogen (secondary N) is 1. The van der Waals surface area contributed by atoms with Crippen LogP contribution < -0.4 is 0 Å². The molecule has 1 aromatic carbocycles. The van der Waals surface area contributed by atoms with Gasteiger partial charge in [-0.15, -0.1) is 0 Å². The van der Waals surface area contributed by atoms with E-state index in [2.05, 4.69) is 17.1 Å². The molecule has 3 rings (SSSR count). The number of aromatic nitrogens is 1. The van der Waals surface area contributed by atoms with Crippen LogP contribution in [0, 0.1) is 4.51 Å². The minimum absolute atomic E-state index is 0.956. The summed E-state index contributed by atoms with van der Waals surface area (Å²) < 4.78 is 0.956. The molecule has 0 aliphatic heterocycles. The summed E-state index contributed by atoms with van der Waals surface area (Å²) in [6.45, 7) is 0. The van der Waals surface area contributed by atoms with Gasteiger partial charge in [0.1, 0.15) is 0 Å². The molecule has 76 valence electrons. The molecule has 1 aliphatic carbocycles. The minimum Gasteiger partial charge on any atom is -0.361 e. The molecule has 1 N–H and O–H groups in total. The Hall–Kier alpha value is -1.15. The third-order valence-electron chi connectivity index (χ3n) is 3.26. The molecule has 0 fully saturated rings. The van der Waals surface area contributed by atoms with Crippen LogP contribution in [0.4, 0.5) is 0 Å². The van der Waals surface area contributed by atoms with Gasteiger partial charge in [-0.25, -0.2) is 0 Å². The lowest BCUT2D eigenvalue weighted by Crippen LogP contribution is -2.03. The van der Waals surface area contributed by atoms with E-state index in [4.69, 9.17) is 12.2 Å². The summed E-state index contributed by atoms with van der Waals surface area (Å²) >= 11 is 5.34. The van der Waals surface area contributed by atoms with Crippen molar-refractivity contribution in [2.75, 3.05) is 0 Å². The predicted octanol–water partition coefficient (Wildman–Crippen LogP) is 3.78. The normalized spacial score (nSPS) is 15.2. The summed E-state index contributed by atoms with van der Waals surface area (Å²) in [5.74, 6) is 0. The van der Waals surface area contributed by atoms with Crippen molar-refractivity contribution in [2.45, 2.75) is 25.7 Å². The zero-order valence-electron chi connectivity index (χ0n) is 8.55. The molecule has 0 unspecified atom stereocenters. The highest BCUT2D eigenvalue weighted by atomic mass is 32.1. The molecule has 0 radical (unpaired) electrons. The Morgan fingerprint density at radius 2 is 1.93 bits per heavy atom. The number of H-pyrrole nitrogens is 1. The second-order valence-corrected chi connectivity index (χ2v) is 4.61. The number of pyridine rings is 1. The summed E-state index contributed by atoms with van der Waals surface area (Å²) in [6.07, 6.45) is 7.01. The highest BCUT2D eigenvalue weighted by Gasteiger charge is 2.12. The van der Waals surface area contributed by atoms with Gasteiger partial charge in [0.2, 0.25) is 0 Å². The minimum atomic E-state index is 0.956. The molecule has 1 heterocycles. The number of rotatable bonds is 0. The zero-order valence-corrected chi connectivity index (χ0v) is 9.36. The Balaban J connectivity index is 2.42. The lowest BCUT2D eigenvalue weighted by atomic mass is 9.90. The van der Waals surface area contributed by atoms with Crippen molar-refractivity contribution >= 4 is 23.1 Å². The smallest absolute Gasteiger partial charge is 0.0503 e. The molecule has 0 spiro atoms. The lowest BCUT2D eigenvalue weighted by Gasteiger charge is -2.17. The fourth-order valence-corrected chi connectivity index (χ4v) is 2.73. The monoisotopic (exact) mass is 215 g/mol. The second kappa shape index (κ2) is 3.46. The van der Waals surface area contributed by atoms with Crippen molar-refractivity contribution in [3.05, 3.63) is 40.0 Å². The van der Waals surface area contributed by atoms with Gasteiger partial charge in [-0.05, 0) is 42.9 Å². The van der Waals surface area contributed by atoms with Crippen LogP contribution in [0.2, 0.25) is 0 Å². The van der Waals surface area contributed by atoms with Gasteiger partial charge in [0.15, 0.2) is 0 Å². The number of fused-ring (bicyclic) bond motifs is 3. The highest BCUT2D eigenvalue weighted by Crippen LogP contribution is 2.27. The first kappa shape index (κ1) is 9.10. The molecule has 0 atom stereocenters. The van der Waals surface area contributed by atoms with Crippen LogP contribution in [0.5, 0.6) is 0 Å². The SMILES string of the molecule is S=c1cc[nH]c2c3c(ccc12)CCCC3. The second-order valence-electron chi connectivity index (χ2n) is 4.17. The summed E-state index contributed by atoms with van der Waals surface area (Å²) in [7, 11) is 0. The Morgan fingerprint density at radius 1 is 1.07 bits per heavy atom. The maximum atomic E-state index is 5.34. The van der Waals surface area contributed by atoms with Crippen molar-refractivity contribution in [3.63, 3.8) is 0 Å². The zero-order chi connectivity index (χ0) is 10.3. The van der Waals surface area contributed by atoms with Gasteiger partial charge in [0.25, 0.3) is 0 Å². The number of hydrogen-bond donors (Lipinski definition) is 1. The summed E-state index contributed by atoms with van der Waals surface area (Å²) in [5, 5.41) is 1.20. The molecule has 2 aromatic rings. The molecule has 0 saturated carbocycles. The van der Waals surface area contributed by atoms with Crippen LogP contribution in [0.3, 0.4) is 0 Å². The number of aromatic amines is 1. The maximum absolute atomic E-state index is 5.34.